The molecule has 1 rings (SSSR count). The van der Waals surface area contributed by atoms with Gasteiger partial charge in [0.25, 0.3) is 11.6 Å². The molecule has 1 aromatic rings. The zero-order valence-corrected chi connectivity index (χ0v) is 11.9. The maximum absolute atomic E-state index is 12.0. The van der Waals surface area contributed by atoms with E-state index in [-0.39, 0.29) is 11.3 Å². The first kappa shape index (κ1) is 16.9. The zero-order valence-electron chi connectivity index (χ0n) is 11.9. The number of hydrogen-bond donors (Lipinski definition) is 3. The monoisotopic (exact) mass is 296 g/mol. The van der Waals surface area contributed by atoms with Gasteiger partial charge < -0.3 is 15.5 Å². The lowest BCUT2D eigenvalue weighted by molar-refractivity contribution is -0.385. The minimum absolute atomic E-state index is 0.00709. The maximum Gasteiger partial charge on any atom is 0.282 e. The highest BCUT2D eigenvalue weighted by Crippen LogP contribution is 2.22. The highest BCUT2D eigenvalue weighted by atomic mass is 16.6. The quantitative estimate of drug-likeness (QED) is 0.274. The van der Waals surface area contributed by atoms with Gasteiger partial charge in [0.2, 0.25) is 0 Å². The van der Waals surface area contributed by atoms with Crippen molar-refractivity contribution in [1.29, 1.82) is 0 Å². The molecule has 0 spiro atoms. The molecule has 21 heavy (non-hydrogen) atoms. The average Bonchev–Trinajstić information content (AvgIpc) is 2.49. The number of ether oxygens (including phenoxy) is 1. The molecule has 0 atom stereocenters. The summed E-state index contributed by atoms with van der Waals surface area (Å²) in [5.41, 5.74) is 2.55. The van der Waals surface area contributed by atoms with Gasteiger partial charge in [-0.2, -0.15) is 0 Å². The Hall–Kier alpha value is -2.19. The van der Waals surface area contributed by atoms with Gasteiger partial charge in [-0.25, -0.2) is 0 Å². The summed E-state index contributed by atoms with van der Waals surface area (Å²) in [5.74, 6) is 4.77. The van der Waals surface area contributed by atoms with Crippen molar-refractivity contribution in [3.8, 4) is 0 Å². The number of anilines is 1. The molecule has 1 aromatic carbocycles. The molecule has 0 fully saturated rings. The van der Waals surface area contributed by atoms with E-state index in [9.17, 15) is 14.9 Å². The van der Waals surface area contributed by atoms with Crippen LogP contribution in [0.2, 0.25) is 0 Å². The van der Waals surface area contributed by atoms with E-state index in [1.807, 2.05) is 0 Å². The lowest BCUT2D eigenvalue weighted by atomic mass is 10.1. The molecule has 4 N–H and O–H groups in total. The first-order valence-electron chi connectivity index (χ1n) is 6.62. The SMILES string of the molecule is COCCCCCNC(=O)c1cc(NN)ccc1[N+](=O)[O-]. The van der Waals surface area contributed by atoms with Gasteiger partial charge in [0.05, 0.1) is 4.92 Å². The smallest absolute Gasteiger partial charge is 0.282 e. The number of rotatable bonds is 9. The molecule has 8 nitrogen and oxygen atoms in total. The number of hydrazine groups is 1. The average molecular weight is 296 g/mol. The van der Waals surface area contributed by atoms with Crippen LogP contribution < -0.4 is 16.6 Å². The molecule has 0 saturated heterocycles. The van der Waals surface area contributed by atoms with E-state index in [4.69, 9.17) is 10.6 Å². The molecule has 0 aliphatic rings. The van der Waals surface area contributed by atoms with E-state index in [0.717, 1.165) is 19.3 Å². The Morgan fingerprint density at radius 1 is 1.38 bits per heavy atom. The molecular formula is C13H20N4O4. The lowest BCUT2D eigenvalue weighted by Gasteiger charge is -2.07. The van der Waals surface area contributed by atoms with E-state index in [1.54, 1.807) is 7.11 Å². The van der Waals surface area contributed by atoms with Crippen molar-refractivity contribution in [1.82, 2.24) is 5.32 Å². The molecule has 0 unspecified atom stereocenters. The fraction of sp³-hybridized carbons (Fsp3) is 0.462. The van der Waals surface area contributed by atoms with Gasteiger partial charge in [-0.15, -0.1) is 0 Å². The van der Waals surface area contributed by atoms with Gasteiger partial charge in [0.1, 0.15) is 5.56 Å². The molecule has 116 valence electrons. The number of unbranched alkanes of at least 4 members (excludes halogenated alkanes) is 2. The number of methoxy groups -OCH3 is 1. The largest absolute Gasteiger partial charge is 0.385 e. The Labute approximate surface area is 122 Å². The highest BCUT2D eigenvalue weighted by Gasteiger charge is 2.20. The van der Waals surface area contributed by atoms with Crippen LogP contribution in [0.25, 0.3) is 0 Å². The van der Waals surface area contributed by atoms with Crippen LogP contribution in [0.5, 0.6) is 0 Å². The first-order chi connectivity index (χ1) is 10.1. The lowest BCUT2D eigenvalue weighted by Crippen LogP contribution is -2.25. The van der Waals surface area contributed by atoms with E-state index < -0.39 is 10.8 Å². The molecule has 0 aliphatic heterocycles. The number of nitrogens with zero attached hydrogens (tertiary/aromatic N) is 1. The van der Waals surface area contributed by atoms with Crippen molar-refractivity contribution in [3.63, 3.8) is 0 Å². The third-order valence-electron chi connectivity index (χ3n) is 2.92. The molecular weight excluding hydrogens is 276 g/mol. The van der Waals surface area contributed by atoms with Gasteiger partial charge in [-0.05, 0) is 31.4 Å². The Balaban J connectivity index is 2.61. The molecule has 0 radical (unpaired) electrons. The van der Waals surface area contributed by atoms with E-state index >= 15 is 0 Å². The Morgan fingerprint density at radius 2 is 2.14 bits per heavy atom. The number of nitrogens with two attached hydrogens (primary N) is 1. The van der Waals surface area contributed by atoms with E-state index in [1.165, 1.54) is 18.2 Å². The number of nitrogens with one attached hydrogen (secondary N) is 2. The number of nitrogen functional groups attached to an aromatic ring is 1. The van der Waals surface area contributed by atoms with Gasteiger partial charge in [-0.1, -0.05) is 0 Å². The van der Waals surface area contributed by atoms with Crippen LogP contribution in [0, 0.1) is 10.1 Å². The fourth-order valence-corrected chi connectivity index (χ4v) is 1.81. The van der Waals surface area contributed by atoms with Crippen LogP contribution in [0.3, 0.4) is 0 Å². The molecule has 8 heteroatoms. The number of carbonyl (C=O) groups is 1. The van der Waals surface area contributed by atoms with Crippen LogP contribution >= 0.6 is 0 Å². The van der Waals surface area contributed by atoms with Gasteiger partial charge in [0.15, 0.2) is 0 Å². The minimum atomic E-state index is -0.589. The fourth-order valence-electron chi connectivity index (χ4n) is 1.81. The van der Waals surface area contributed by atoms with Crippen molar-refractivity contribution < 1.29 is 14.5 Å². The minimum Gasteiger partial charge on any atom is -0.385 e. The molecule has 0 bridgehead atoms. The van der Waals surface area contributed by atoms with Crippen LogP contribution in [0.15, 0.2) is 18.2 Å². The summed E-state index contributed by atoms with van der Waals surface area (Å²) in [6.45, 7) is 1.14. The third kappa shape index (κ3) is 5.36. The van der Waals surface area contributed by atoms with E-state index in [0.29, 0.717) is 18.8 Å². The summed E-state index contributed by atoms with van der Waals surface area (Å²) in [5, 5.41) is 13.6. The number of nitro benzene ring substituents is 1. The summed E-state index contributed by atoms with van der Waals surface area (Å²) < 4.78 is 4.93. The van der Waals surface area contributed by atoms with Crippen LogP contribution in [0.4, 0.5) is 11.4 Å². The summed E-state index contributed by atoms with van der Waals surface area (Å²) in [6.07, 6.45) is 2.62. The number of amides is 1. The van der Waals surface area contributed by atoms with Crippen LogP contribution in [-0.4, -0.2) is 31.1 Å². The number of hydrogen-bond acceptors (Lipinski definition) is 6. The van der Waals surface area contributed by atoms with Crippen LogP contribution in [0.1, 0.15) is 29.6 Å². The number of carbonyl (C=O) groups excluding carboxylic acids is 1. The van der Waals surface area contributed by atoms with Crippen LogP contribution in [-0.2, 0) is 4.74 Å². The summed E-state index contributed by atoms with van der Waals surface area (Å²) >= 11 is 0. The molecule has 0 heterocycles. The van der Waals surface area contributed by atoms with Gasteiger partial charge in [0, 0.05) is 32.0 Å². The molecule has 0 saturated carbocycles. The molecule has 1 amide bonds. The Kier molecular flexibility index (Phi) is 7.13. The summed E-state index contributed by atoms with van der Waals surface area (Å²) in [4.78, 5) is 22.4. The predicted molar refractivity (Wildman–Crippen MR) is 79.0 cm³/mol. The second-order valence-corrected chi connectivity index (χ2v) is 4.44. The number of benzene rings is 1. The zero-order chi connectivity index (χ0) is 15.7. The van der Waals surface area contributed by atoms with Crippen molar-refractivity contribution in [2.45, 2.75) is 19.3 Å². The first-order valence-corrected chi connectivity index (χ1v) is 6.62. The topological polar surface area (TPSA) is 120 Å². The highest BCUT2D eigenvalue weighted by molar-refractivity contribution is 5.99. The Morgan fingerprint density at radius 3 is 2.76 bits per heavy atom. The van der Waals surface area contributed by atoms with Crippen molar-refractivity contribution >= 4 is 17.3 Å². The normalized spacial score (nSPS) is 10.2. The van der Waals surface area contributed by atoms with Crippen molar-refractivity contribution in [2.24, 2.45) is 5.84 Å². The standard InChI is InChI=1S/C13H20N4O4/c1-21-8-4-2-3-7-15-13(18)11-9-10(16-14)5-6-12(11)17(19)20/h5-6,9,16H,2-4,7-8,14H2,1H3,(H,15,18). The third-order valence-corrected chi connectivity index (χ3v) is 2.92. The van der Waals surface area contributed by atoms with Gasteiger partial charge >= 0.3 is 0 Å². The molecule has 0 aromatic heterocycles. The second-order valence-electron chi connectivity index (χ2n) is 4.44. The molecule has 0 aliphatic carbocycles. The van der Waals surface area contributed by atoms with E-state index in [2.05, 4.69) is 10.7 Å². The summed E-state index contributed by atoms with van der Waals surface area (Å²) in [6, 6.07) is 4.06. The van der Waals surface area contributed by atoms with Crippen molar-refractivity contribution in [2.75, 3.05) is 25.7 Å². The number of nitro groups is 1. The summed E-state index contributed by atoms with van der Waals surface area (Å²) in [7, 11) is 1.64. The maximum atomic E-state index is 12.0. The van der Waals surface area contributed by atoms with Gasteiger partial charge in [-0.3, -0.25) is 20.8 Å². The second kappa shape index (κ2) is 8.88. The predicted octanol–water partition coefficient (Wildman–Crippen LogP) is 1.43. The Bertz CT molecular complexity index is 493. The van der Waals surface area contributed by atoms with Crippen molar-refractivity contribution in [3.05, 3.63) is 33.9 Å².